The van der Waals surface area contributed by atoms with Gasteiger partial charge in [0.05, 0.1) is 10.2 Å². The maximum absolute atomic E-state index is 10.4. The van der Waals surface area contributed by atoms with Crippen LogP contribution in [0.3, 0.4) is 0 Å². The molecule has 0 bridgehead atoms. The summed E-state index contributed by atoms with van der Waals surface area (Å²) in [5.74, 6) is 0. The number of benzene rings is 1. The summed E-state index contributed by atoms with van der Waals surface area (Å²) in [5, 5.41) is 0.793. The molecule has 0 spiro atoms. The molecule has 9 heteroatoms. The van der Waals surface area contributed by atoms with Crippen molar-refractivity contribution in [2.24, 2.45) is 0 Å². The average molecular weight is 386 g/mol. The quantitative estimate of drug-likeness (QED) is 0.209. The molecule has 0 fully saturated rings. The van der Waals surface area contributed by atoms with E-state index in [1.165, 1.54) is 21.4 Å². The molecule has 0 N–H and O–H groups in total. The molecular weight excluding hydrogens is 379 g/mol. The SMILES string of the molecule is O=S(=O)([O-])c1cccc([PH3+])c1.[I-].[Na+].[Na+].[Na+]. The first-order chi connectivity index (χ1) is 5.00. The smallest absolute Gasteiger partial charge is 1.00 e. The van der Waals surface area contributed by atoms with E-state index in [4.69, 9.17) is 0 Å². The predicted octanol–water partition coefficient (Wildman–Crippen LogP) is -12.2. The van der Waals surface area contributed by atoms with E-state index in [2.05, 4.69) is 0 Å². The summed E-state index contributed by atoms with van der Waals surface area (Å²) < 4.78 is 31.3. The van der Waals surface area contributed by atoms with Crippen molar-refractivity contribution in [1.82, 2.24) is 0 Å². The Labute approximate surface area is 176 Å². The molecule has 1 rings (SSSR count). The van der Waals surface area contributed by atoms with Crippen LogP contribution in [0, 0.1) is 0 Å². The fourth-order valence-corrected chi connectivity index (χ4v) is 1.75. The van der Waals surface area contributed by atoms with Crippen molar-refractivity contribution in [3.63, 3.8) is 0 Å². The van der Waals surface area contributed by atoms with Crippen molar-refractivity contribution >= 4 is 24.7 Å². The van der Waals surface area contributed by atoms with Crippen molar-refractivity contribution in [2.45, 2.75) is 4.90 Å². The number of rotatable bonds is 1. The molecule has 68 valence electrons. The molecule has 0 amide bonds. The monoisotopic (exact) mass is 386 g/mol. The summed E-state index contributed by atoms with van der Waals surface area (Å²) >= 11 is 0. The third-order valence-corrected chi connectivity index (χ3v) is 2.46. The maximum Gasteiger partial charge on any atom is 1.00 e. The molecule has 0 aliphatic carbocycles. The molecule has 0 aliphatic rings. The Morgan fingerprint density at radius 2 is 1.60 bits per heavy atom. The summed E-state index contributed by atoms with van der Waals surface area (Å²) in [7, 11) is -2.74. The van der Waals surface area contributed by atoms with Crippen LogP contribution in [-0.4, -0.2) is 13.0 Å². The van der Waals surface area contributed by atoms with Crippen LogP contribution in [0.15, 0.2) is 29.2 Å². The summed E-state index contributed by atoms with van der Waals surface area (Å²) in [4.78, 5) is -0.162. The second-order valence-corrected chi connectivity index (χ2v) is 4.30. The van der Waals surface area contributed by atoms with Crippen LogP contribution in [0.2, 0.25) is 0 Å². The van der Waals surface area contributed by atoms with Crippen molar-refractivity contribution in [1.29, 1.82) is 0 Å². The number of hydrogen-bond acceptors (Lipinski definition) is 3. The molecule has 1 atom stereocenters. The first-order valence-corrected chi connectivity index (χ1v) is 4.99. The fourth-order valence-electron chi connectivity index (χ4n) is 0.701. The zero-order chi connectivity index (χ0) is 8.48. The Hall–Kier alpha value is 3.29. The summed E-state index contributed by atoms with van der Waals surface area (Å²) in [5.41, 5.74) is 0. The Kier molecular flexibility index (Phi) is 22.0. The minimum atomic E-state index is -4.27. The second-order valence-electron chi connectivity index (χ2n) is 2.10. The van der Waals surface area contributed by atoms with E-state index in [1.54, 1.807) is 12.1 Å². The average Bonchev–Trinajstić information content (AvgIpc) is 1.86. The van der Waals surface area contributed by atoms with Crippen LogP contribution in [0.25, 0.3) is 0 Å². The van der Waals surface area contributed by atoms with Crippen LogP contribution in [0.4, 0.5) is 0 Å². The molecule has 3 nitrogen and oxygen atoms in total. The molecule has 0 saturated carbocycles. The Bertz CT molecular complexity index is 374. The number of hydrogen-bond donors (Lipinski definition) is 0. The second kappa shape index (κ2) is 12.3. The summed E-state index contributed by atoms with van der Waals surface area (Å²) in [6, 6.07) is 5.95. The van der Waals surface area contributed by atoms with Crippen molar-refractivity contribution in [3.8, 4) is 0 Å². The van der Waals surface area contributed by atoms with Gasteiger partial charge >= 0.3 is 88.7 Å². The zero-order valence-corrected chi connectivity index (χ0v) is 19.4. The molecular formula is C6H7INa3O3PS+2. The van der Waals surface area contributed by atoms with Gasteiger partial charge in [-0.15, -0.1) is 0 Å². The molecule has 1 unspecified atom stereocenters. The molecule has 0 radical (unpaired) electrons. The van der Waals surface area contributed by atoms with Crippen molar-refractivity contribution < 1.29 is 126 Å². The first-order valence-electron chi connectivity index (χ1n) is 2.88. The molecule has 0 saturated heterocycles. The van der Waals surface area contributed by atoms with Gasteiger partial charge in [-0.05, 0) is 18.2 Å². The van der Waals surface area contributed by atoms with E-state index in [0.717, 1.165) is 5.30 Å². The van der Waals surface area contributed by atoms with Gasteiger partial charge in [0, 0.05) is 9.24 Å². The van der Waals surface area contributed by atoms with E-state index in [1.807, 2.05) is 0 Å². The standard InChI is InChI=1S/C6H7O3PS.HI.3Na/c7-11(8,9)6-3-1-2-5(10)4-6;;;;/h1-4H,10H2,(H,7,8,9);1H;;;/q;;3*+1/p-1. The zero-order valence-electron chi connectivity index (χ0n) is 9.03. The normalized spacial score (nSPS) is 8.60. The Balaban J connectivity index is -0.000000151. The van der Waals surface area contributed by atoms with E-state index >= 15 is 0 Å². The third kappa shape index (κ3) is 10.9. The van der Waals surface area contributed by atoms with Gasteiger partial charge in [0.2, 0.25) is 0 Å². The van der Waals surface area contributed by atoms with Gasteiger partial charge in [-0.2, -0.15) is 0 Å². The molecule has 0 aromatic heterocycles. The molecule has 15 heavy (non-hydrogen) atoms. The van der Waals surface area contributed by atoms with Gasteiger partial charge in [0.1, 0.15) is 10.1 Å². The molecule has 1 aromatic rings. The molecule has 0 aliphatic heterocycles. The first kappa shape index (κ1) is 26.8. The van der Waals surface area contributed by atoms with Crippen LogP contribution in [0.1, 0.15) is 0 Å². The van der Waals surface area contributed by atoms with Gasteiger partial charge in [0.25, 0.3) is 0 Å². The van der Waals surface area contributed by atoms with Gasteiger partial charge in [-0.1, -0.05) is 6.07 Å². The Morgan fingerprint density at radius 1 is 1.13 bits per heavy atom. The van der Waals surface area contributed by atoms with Crippen LogP contribution in [-0.2, 0) is 10.1 Å². The van der Waals surface area contributed by atoms with E-state index in [-0.39, 0.29) is 118 Å². The van der Waals surface area contributed by atoms with E-state index in [0.29, 0.717) is 0 Å². The van der Waals surface area contributed by atoms with Crippen LogP contribution >= 0.6 is 9.24 Å². The van der Waals surface area contributed by atoms with Crippen molar-refractivity contribution in [3.05, 3.63) is 24.3 Å². The van der Waals surface area contributed by atoms with Crippen molar-refractivity contribution in [2.75, 3.05) is 0 Å². The third-order valence-electron chi connectivity index (χ3n) is 1.19. The number of halogens is 1. The summed E-state index contributed by atoms with van der Waals surface area (Å²) in [6.45, 7) is 0. The maximum atomic E-state index is 10.4. The van der Waals surface area contributed by atoms with Crippen LogP contribution < -0.4 is 118 Å². The Morgan fingerprint density at radius 3 is 1.87 bits per heavy atom. The molecule has 0 heterocycles. The summed E-state index contributed by atoms with van der Waals surface area (Å²) in [6.07, 6.45) is 0. The van der Waals surface area contributed by atoms with Gasteiger partial charge < -0.3 is 28.5 Å². The largest absolute Gasteiger partial charge is 1.00 e. The van der Waals surface area contributed by atoms with E-state index in [9.17, 15) is 13.0 Å². The van der Waals surface area contributed by atoms with Gasteiger partial charge in [0.15, 0.2) is 0 Å². The predicted molar refractivity (Wildman–Crippen MR) is 45.1 cm³/mol. The van der Waals surface area contributed by atoms with Gasteiger partial charge in [-0.25, -0.2) is 8.42 Å². The van der Waals surface area contributed by atoms with Crippen LogP contribution in [0.5, 0.6) is 0 Å². The molecule has 1 aromatic carbocycles. The van der Waals surface area contributed by atoms with E-state index < -0.39 is 10.1 Å². The minimum Gasteiger partial charge on any atom is -1.00 e. The van der Waals surface area contributed by atoms with Gasteiger partial charge in [-0.3, -0.25) is 0 Å². The fraction of sp³-hybridized carbons (Fsp3) is 0. The minimum absolute atomic E-state index is 0. The topological polar surface area (TPSA) is 57.2 Å².